The number of halogens is 2. The van der Waals surface area contributed by atoms with E-state index in [1.165, 1.54) is 6.21 Å². The molecule has 0 aliphatic heterocycles. The molecule has 1 rings (SSSR count). The molecule has 0 spiro atoms. The van der Waals surface area contributed by atoms with Crippen molar-refractivity contribution in [2.24, 2.45) is 5.10 Å². The van der Waals surface area contributed by atoms with Crippen molar-refractivity contribution in [1.29, 1.82) is 0 Å². The molecule has 0 aromatic heterocycles. The molecule has 1 aromatic rings. The van der Waals surface area contributed by atoms with E-state index in [1.807, 2.05) is 0 Å². The first-order valence-corrected chi connectivity index (χ1v) is 5.77. The zero-order valence-electron chi connectivity index (χ0n) is 8.99. The Morgan fingerprint density at radius 3 is 2.88 bits per heavy atom. The second-order valence-corrected chi connectivity index (χ2v) is 4.13. The number of hydrogen-bond acceptors (Lipinski definition) is 3. The van der Waals surface area contributed by atoms with Crippen LogP contribution in [0.15, 0.2) is 23.3 Å². The van der Waals surface area contributed by atoms with Gasteiger partial charge in [0.25, 0.3) is 0 Å². The van der Waals surface area contributed by atoms with Crippen molar-refractivity contribution in [3.8, 4) is 0 Å². The molecule has 0 saturated heterocycles. The lowest BCUT2D eigenvalue weighted by atomic mass is 10.2. The van der Waals surface area contributed by atoms with Gasteiger partial charge in [-0.05, 0) is 18.6 Å². The number of hydrazone groups is 1. The van der Waals surface area contributed by atoms with E-state index in [0.29, 0.717) is 22.0 Å². The van der Waals surface area contributed by atoms with Gasteiger partial charge < -0.3 is 5.11 Å². The molecule has 1 aromatic carbocycles. The molecule has 1 amide bonds. The zero-order valence-corrected chi connectivity index (χ0v) is 10.5. The van der Waals surface area contributed by atoms with E-state index in [4.69, 9.17) is 28.3 Å². The minimum Gasteiger partial charge on any atom is -0.396 e. The Hall–Kier alpha value is -1.10. The lowest BCUT2D eigenvalue weighted by molar-refractivity contribution is -0.121. The van der Waals surface area contributed by atoms with Gasteiger partial charge in [-0.15, -0.1) is 0 Å². The minimum atomic E-state index is -0.250. The van der Waals surface area contributed by atoms with Crippen molar-refractivity contribution in [2.45, 2.75) is 12.8 Å². The highest BCUT2D eigenvalue weighted by Gasteiger charge is 1.99. The molecular weight excluding hydrogens is 263 g/mol. The van der Waals surface area contributed by atoms with Crippen molar-refractivity contribution in [3.05, 3.63) is 33.8 Å². The molecule has 0 radical (unpaired) electrons. The molecule has 0 saturated carbocycles. The lowest BCUT2D eigenvalue weighted by Crippen LogP contribution is -2.17. The fourth-order valence-corrected chi connectivity index (χ4v) is 1.53. The Morgan fingerprint density at radius 2 is 2.24 bits per heavy atom. The molecular formula is C11H12Cl2N2O2. The van der Waals surface area contributed by atoms with Crippen LogP contribution in [-0.2, 0) is 4.79 Å². The molecule has 92 valence electrons. The third kappa shape index (κ3) is 5.17. The predicted molar refractivity (Wildman–Crippen MR) is 68.5 cm³/mol. The van der Waals surface area contributed by atoms with Gasteiger partial charge in [0, 0.05) is 23.6 Å². The topological polar surface area (TPSA) is 61.7 Å². The highest BCUT2D eigenvalue weighted by molar-refractivity contribution is 6.36. The second kappa shape index (κ2) is 7.27. The first-order valence-electron chi connectivity index (χ1n) is 5.01. The molecule has 0 aliphatic carbocycles. The molecule has 17 heavy (non-hydrogen) atoms. The maximum Gasteiger partial charge on any atom is 0.240 e. The second-order valence-electron chi connectivity index (χ2n) is 3.29. The van der Waals surface area contributed by atoms with Gasteiger partial charge in [-0.25, -0.2) is 5.43 Å². The molecule has 6 heteroatoms. The Kier molecular flexibility index (Phi) is 5.97. The van der Waals surface area contributed by atoms with Crippen LogP contribution >= 0.6 is 23.2 Å². The average molecular weight is 275 g/mol. The maximum atomic E-state index is 11.1. The predicted octanol–water partition coefficient (Wildman–Crippen LogP) is 2.22. The molecule has 2 N–H and O–H groups in total. The summed E-state index contributed by atoms with van der Waals surface area (Å²) in [6.45, 7) is -0.0137. The summed E-state index contributed by atoms with van der Waals surface area (Å²) in [6.07, 6.45) is 2.10. The fourth-order valence-electron chi connectivity index (χ4n) is 1.08. The number of hydrogen-bond donors (Lipinski definition) is 2. The number of benzene rings is 1. The van der Waals surface area contributed by atoms with E-state index < -0.39 is 0 Å². The first-order chi connectivity index (χ1) is 8.13. The number of aliphatic hydroxyl groups excluding tert-OH is 1. The van der Waals surface area contributed by atoms with Crippen LogP contribution in [0.2, 0.25) is 10.0 Å². The number of nitrogens with zero attached hydrogens (tertiary/aromatic N) is 1. The molecule has 0 atom stereocenters. The smallest absolute Gasteiger partial charge is 0.240 e. The van der Waals surface area contributed by atoms with E-state index >= 15 is 0 Å². The van der Waals surface area contributed by atoms with E-state index in [0.717, 1.165) is 0 Å². The van der Waals surface area contributed by atoms with Crippen LogP contribution in [0, 0.1) is 0 Å². The number of aliphatic hydroxyl groups is 1. The normalized spacial score (nSPS) is 10.8. The van der Waals surface area contributed by atoms with Crippen LogP contribution in [0.5, 0.6) is 0 Å². The summed E-state index contributed by atoms with van der Waals surface area (Å²) in [5.41, 5.74) is 3.00. The molecule has 0 bridgehead atoms. The largest absolute Gasteiger partial charge is 0.396 e. The van der Waals surface area contributed by atoms with Gasteiger partial charge in [0.15, 0.2) is 0 Å². The average Bonchev–Trinajstić information content (AvgIpc) is 2.29. The Morgan fingerprint density at radius 1 is 1.47 bits per heavy atom. The van der Waals surface area contributed by atoms with Crippen LogP contribution < -0.4 is 5.43 Å². The minimum absolute atomic E-state index is 0.0137. The summed E-state index contributed by atoms with van der Waals surface area (Å²) in [4.78, 5) is 11.1. The monoisotopic (exact) mass is 274 g/mol. The SMILES string of the molecule is O=C(CCCO)N/N=C\c1ccc(Cl)cc1Cl. The van der Waals surface area contributed by atoms with Gasteiger partial charge in [-0.3, -0.25) is 4.79 Å². The quantitative estimate of drug-likeness (QED) is 0.639. The maximum absolute atomic E-state index is 11.1. The van der Waals surface area contributed by atoms with E-state index in [1.54, 1.807) is 18.2 Å². The van der Waals surface area contributed by atoms with E-state index in [-0.39, 0.29) is 18.9 Å². The summed E-state index contributed by atoms with van der Waals surface area (Å²) in [5.74, 6) is -0.250. The van der Waals surface area contributed by atoms with Gasteiger partial charge in [0.2, 0.25) is 5.91 Å². The summed E-state index contributed by atoms with van der Waals surface area (Å²) >= 11 is 11.6. The van der Waals surface area contributed by atoms with E-state index in [2.05, 4.69) is 10.5 Å². The number of rotatable bonds is 5. The Bertz CT molecular complexity index is 422. The van der Waals surface area contributed by atoms with Gasteiger partial charge >= 0.3 is 0 Å². The van der Waals surface area contributed by atoms with Crippen LogP contribution in [0.1, 0.15) is 18.4 Å². The summed E-state index contributed by atoms with van der Waals surface area (Å²) in [5, 5.41) is 13.3. The summed E-state index contributed by atoms with van der Waals surface area (Å²) in [6, 6.07) is 4.98. The number of carbonyl (C=O) groups is 1. The molecule has 0 fully saturated rings. The van der Waals surface area contributed by atoms with Crippen molar-refractivity contribution < 1.29 is 9.90 Å². The zero-order chi connectivity index (χ0) is 12.7. The van der Waals surface area contributed by atoms with Crippen LogP contribution in [0.4, 0.5) is 0 Å². The third-order valence-electron chi connectivity index (χ3n) is 1.92. The van der Waals surface area contributed by atoms with Crippen LogP contribution in [-0.4, -0.2) is 23.8 Å². The molecule has 4 nitrogen and oxygen atoms in total. The fraction of sp³-hybridized carbons (Fsp3) is 0.273. The van der Waals surface area contributed by atoms with E-state index in [9.17, 15) is 4.79 Å². The molecule has 0 unspecified atom stereocenters. The van der Waals surface area contributed by atoms with Gasteiger partial charge in [0.05, 0.1) is 11.2 Å². The third-order valence-corrected chi connectivity index (χ3v) is 2.48. The first kappa shape index (κ1) is 14.0. The van der Waals surface area contributed by atoms with Gasteiger partial charge in [0.1, 0.15) is 0 Å². The van der Waals surface area contributed by atoms with Gasteiger partial charge in [-0.1, -0.05) is 29.3 Å². The standard InChI is InChI=1S/C11H12Cl2N2O2/c12-9-4-3-8(10(13)6-9)7-14-15-11(17)2-1-5-16/h3-4,6-7,16H,1-2,5H2,(H,15,17)/b14-7-. The molecule has 0 heterocycles. The lowest BCUT2D eigenvalue weighted by Gasteiger charge is -1.99. The van der Waals surface area contributed by atoms with Crippen LogP contribution in [0.25, 0.3) is 0 Å². The summed E-state index contributed by atoms with van der Waals surface area (Å²) < 4.78 is 0. The van der Waals surface area contributed by atoms with Crippen molar-refractivity contribution in [3.63, 3.8) is 0 Å². The number of nitrogens with one attached hydrogen (secondary N) is 1. The molecule has 0 aliphatic rings. The van der Waals surface area contributed by atoms with Crippen molar-refractivity contribution in [2.75, 3.05) is 6.61 Å². The van der Waals surface area contributed by atoms with Crippen LogP contribution in [0.3, 0.4) is 0 Å². The highest BCUT2D eigenvalue weighted by atomic mass is 35.5. The van der Waals surface area contributed by atoms with Gasteiger partial charge in [-0.2, -0.15) is 5.10 Å². The summed E-state index contributed by atoms with van der Waals surface area (Å²) in [7, 11) is 0. The Labute approximate surface area is 109 Å². The van der Waals surface area contributed by atoms with Crippen molar-refractivity contribution >= 4 is 35.3 Å². The number of amides is 1. The van der Waals surface area contributed by atoms with Crippen molar-refractivity contribution in [1.82, 2.24) is 5.43 Å². The Balaban J connectivity index is 2.50. The number of carbonyl (C=O) groups excluding carboxylic acids is 1. The highest BCUT2D eigenvalue weighted by Crippen LogP contribution is 2.19.